The second kappa shape index (κ2) is 5.80. The maximum Gasteiger partial charge on any atom is 0.131 e. The number of ether oxygens (including phenoxy) is 1. The van der Waals surface area contributed by atoms with Crippen molar-refractivity contribution >= 4 is 0 Å². The summed E-state index contributed by atoms with van der Waals surface area (Å²) in [5.74, 6) is 2.12. The standard InChI is InChI=1S/C19H24O2/c1-13(2)14-9-15(19(3,4)5)11-18(10-14)21-17-8-6-7-16(20)12-17/h6-13,20H,1-5H3. The molecule has 0 aromatic heterocycles. The highest BCUT2D eigenvalue weighted by Gasteiger charge is 2.17. The van der Waals surface area contributed by atoms with E-state index < -0.39 is 0 Å². The summed E-state index contributed by atoms with van der Waals surface area (Å²) in [6, 6.07) is 13.3. The molecule has 2 aromatic rings. The average Bonchev–Trinajstić information content (AvgIpc) is 2.37. The molecule has 1 N–H and O–H groups in total. The summed E-state index contributed by atoms with van der Waals surface area (Å²) in [4.78, 5) is 0. The van der Waals surface area contributed by atoms with Crippen LogP contribution in [0, 0.1) is 0 Å². The Morgan fingerprint density at radius 3 is 2.24 bits per heavy atom. The van der Waals surface area contributed by atoms with Crippen LogP contribution in [0.3, 0.4) is 0 Å². The predicted molar refractivity (Wildman–Crippen MR) is 87.4 cm³/mol. The van der Waals surface area contributed by atoms with Gasteiger partial charge in [0.1, 0.15) is 17.2 Å². The predicted octanol–water partition coefficient (Wildman–Crippen LogP) is 5.61. The summed E-state index contributed by atoms with van der Waals surface area (Å²) in [5, 5.41) is 9.54. The lowest BCUT2D eigenvalue weighted by Crippen LogP contribution is -2.12. The van der Waals surface area contributed by atoms with Crippen LogP contribution in [0.15, 0.2) is 42.5 Å². The zero-order valence-corrected chi connectivity index (χ0v) is 13.5. The third kappa shape index (κ3) is 4.01. The maximum absolute atomic E-state index is 9.54. The summed E-state index contributed by atoms with van der Waals surface area (Å²) in [5.41, 5.74) is 2.59. The van der Waals surface area contributed by atoms with Gasteiger partial charge in [-0.05, 0) is 46.7 Å². The van der Waals surface area contributed by atoms with Crippen molar-refractivity contribution in [1.29, 1.82) is 0 Å². The molecule has 0 saturated carbocycles. The van der Waals surface area contributed by atoms with Crippen molar-refractivity contribution in [2.45, 2.75) is 46.0 Å². The third-order valence-electron chi connectivity index (χ3n) is 3.51. The Balaban J connectivity index is 2.41. The molecule has 0 spiro atoms. The molecular weight excluding hydrogens is 260 g/mol. The van der Waals surface area contributed by atoms with E-state index in [4.69, 9.17) is 4.74 Å². The SMILES string of the molecule is CC(C)c1cc(Oc2cccc(O)c2)cc(C(C)(C)C)c1. The van der Waals surface area contributed by atoms with Crippen LogP contribution in [-0.4, -0.2) is 5.11 Å². The molecule has 0 aliphatic rings. The van der Waals surface area contributed by atoms with Crippen molar-refractivity contribution in [2.24, 2.45) is 0 Å². The Hall–Kier alpha value is -1.96. The lowest BCUT2D eigenvalue weighted by Gasteiger charge is -2.22. The van der Waals surface area contributed by atoms with Gasteiger partial charge < -0.3 is 9.84 Å². The van der Waals surface area contributed by atoms with Crippen molar-refractivity contribution in [2.75, 3.05) is 0 Å². The van der Waals surface area contributed by atoms with Crippen molar-refractivity contribution in [1.82, 2.24) is 0 Å². The number of phenolic OH excluding ortho intramolecular Hbond substituents is 1. The minimum atomic E-state index is 0.0713. The van der Waals surface area contributed by atoms with Crippen LogP contribution in [0.2, 0.25) is 0 Å². The topological polar surface area (TPSA) is 29.5 Å². The molecule has 112 valence electrons. The second-order valence-corrected chi connectivity index (χ2v) is 6.79. The van der Waals surface area contributed by atoms with E-state index in [0.29, 0.717) is 11.7 Å². The number of phenols is 1. The molecule has 0 atom stereocenters. The highest BCUT2D eigenvalue weighted by Crippen LogP contribution is 2.33. The smallest absolute Gasteiger partial charge is 0.131 e. The van der Waals surface area contributed by atoms with E-state index in [1.165, 1.54) is 11.1 Å². The Morgan fingerprint density at radius 2 is 1.67 bits per heavy atom. The quantitative estimate of drug-likeness (QED) is 0.794. The molecule has 0 aliphatic carbocycles. The lowest BCUT2D eigenvalue weighted by molar-refractivity contribution is 0.453. The third-order valence-corrected chi connectivity index (χ3v) is 3.51. The molecule has 21 heavy (non-hydrogen) atoms. The van der Waals surface area contributed by atoms with Gasteiger partial charge in [-0.2, -0.15) is 0 Å². The molecular formula is C19H24O2. The first kappa shape index (κ1) is 15.4. The Bertz CT molecular complexity index is 622. The van der Waals surface area contributed by atoms with Crippen molar-refractivity contribution in [3.8, 4) is 17.2 Å². The number of aromatic hydroxyl groups is 1. The fourth-order valence-electron chi connectivity index (χ4n) is 2.13. The first-order valence-corrected chi connectivity index (χ1v) is 7.38. The molecule has 0 heterocycles. The van der Waals surface area contributed by atoms with Crippen LogP contribution in [-0.2, 0) is 5.41 Å². The summed E-state index contributed by atoms with van der Waals surface area (Å²) in [6.45, 7) is 11.0. The Kier molecular flexibility index (Phi) is 4.26. The van der Waals surface area contributed by atoms with Crippen LogP contribution >= 0.6 is 0 Å². The molecule has 0 aliphatic heterocycles. The number of rotatable bonds is 3. The Morgan fingerprint density at radius 1 is 0.952 bits per heavy atom. The van der Waals surface area contributed by atoms with Gasteiger partial charge >= 0.3 is 0 Å². The largest absolute Gasteiger partial charge is 0.508 e. The van der Waals surface area contributed by atoms with Gasteiger partial charge in [-0.1, -0.05) is 46.8 Å². The van der Waals surface area contributed by atoms with E-state index in [9.17, 15) is 5.11 Å². The molecule has 2 aromatic carbocycles. The van der Waals surface area contributed by atoms with E-state index in [2.05, 4.69) is 52.8 Å². The Labute approximate surface area is 127 Å². The molecule has 2 nitrogen and oxygen atoms in total. The minimum absolute atomic E-state index is 0.0713. The fraction of sp³-hybridized carbons (Fsp3) is 0.368. The van der Waals surface area contributed by atoms with Crippen molar-refractivity contribution in [3.63, 3.8) is 0 Å². The van der Waals surface area contributed by atoms with E-state index in [0.717, 1.165) is 5.75 Å². The number of hydrogen-bond donors (Lipinski definition) is 1. The zero-order valence-electron chi connectivity index (χ0n) is 13.5. The number of hydrogen-bond acceptors (Lipinski definition) is 2. The molecule has 0 amide bonds. The van der Waals surface area contributed by atoms with Crippen LogP contribution in [0.5, 0.6) is 17.2 Å². The van der Waals surface area contributed by atoms with E-state index >= 15 is 0 Å². The van der Waals surface area contributed by atoms with Gasteiger partial charge in [0.25, 0.3) is 0 Å². The van der Waals surface area contributed by atoms with Gasteiger partial charge in [-0.25, -0.2) is 0 Å². The second-order valence-electron chi connectivity index (χ2n) is 6.79. The van der Waals surface area contributed by atoms with Crippen molar-refractivity contribution < 1.29 is 9.84 Å². The highest BCUT2D eigenvalue weighted by atomic mass is 16.5. The van der Waals surface area contributed by atoms with Gasteiger partial charge in [-0.15, -0.1) is 0 Å². The summed E-state index contributed by atoms with van der Waals surface area (Å²) in [6.07, 6.45) is 0. The molecule has 0 fully saturated rings. The summed E-state index contributed by atoms with van der Waals surface area (Å²) in [7, 11) is 0. The van der Waals surface area contributed by atoms with Crippen LogP contribution in [0.25, 0.3) is 0 Å². The molecule has 0 bridgehead atoms. The van der Waals surface area contributed by atoms with E-state index in [-0.39, 0.29) is 11.2 Å². The van der Waals surface area contributed by atoms with Gasteiger partial charge in [-0.3, -0.25) is 0 Å². The van der Waals surface area contributed by atoms with Crippen LogP contribution in [0.4, 0.5) is 0 Å². The highest BCUT2D eigenvalue weighted by molar-refractivity contribution is 5.42. The monoisotopic (exact) mass is 284 g/mol. The van der Waals surface area contributed by atoms with Crippen LogP contribution in [0.1, 0.15) is 51.7 Å². The fourth-order valence-corrected chi connectivity index (χ4v) is 2.13. The molecule has 0 radical (unpaired) electrons. The van der Waals surface area contributed by atoms with Gasteiger partial charge in [0.2, 0.25) is 0 Å². The minimum Gasteiger partial charge on any atom is -0.508 e. The van der Waals surface area contributed by atoms with Gasteiger partial charge in [0.15, 0.2) is 0 Å². The summed E-state index contributed by atoms with van der Waals surface area (Å²) < 4.78 is 5.93. The summed E-state index contributed by atoms with van der Waals surface area (Å²) >= 11 is 0. The molecule has 2 heteroatoms. The lowest BCUT2D eigenvalue weighted by atomic mass is 9.84. The van der Waals surface area contributed by atoms with E-state index in [1.54, 1.807) is 18.2 Å². The van der Waals surface area contributed by atoms with E-state index in [1.807, 2.05) is 6.07 Å². The number of benzene rings is 2. The van der Waals surface area contributed by atoms with Gasteiger partial charge in [0, 0.05) is 6.07 Å². The molecule has 0 unspecified atom stereocenters. The van der Waals surface area contributed by atoms with Gasteiger partial charge in [0.05, 0.1) is 0 Å². The zero-order chi connectivity index (χ0) is 15.6. The molecule has 0 saturated heterocycles. The van der Waals surface area contributed by atoms with Crippen molar-refractivity contribution in [3.05, 3.63) is 53.6 Å². The first-order chi connectivity index (χ1) is 9.75. The maximum atomic E-state index is 9.54. The average molecular weight is 284 g/mol. The van der Waals surface area contributed by atoms with Crippen LogP contribution < -0.4 is 4.74 Å². The normalized spacial score (nSPS) is 11.7. The first-order valence-electron chi connectivity index (χ1n) is 7.38. The molecule has 2 rings (SSSR count).